The number of benzene rings is 2. The fourth-order valence-electron chi connectivity index (χ4n) is 4.77. The summed E-state index contributed by atoms with van der Waals surface area (Å²) < 4.78 is 1.16. The molecule has 5 rings (SSSR count). The molecule has 1 unspecified atom stereocenters. The lowest BCUT2D eigenvalue weighted by atomic mass is 9.89. The zero-order valence-corrected chi connectivity index (χ0v) is 17.9. The fraction of sp³-hybridized carbons (Fsp3) is 0.400. The van der Waals surface area contributed by atoms with Crippen molar-refractivity contribution in [3.8, 4) is 0 Å². The zero-order valence-electron chi connectivity index (χ0n) is 17.1. The van der Waals surface area contributed by atoms with Gasteiger partial charge in [-0.1, -0.05) is 24.3 Å². The van der Waals surface area contributed by atoms with E-state index in [2.05, 4.69) is 18.2 Å². The summed E-state index contributed by atoms with van der Waals surface area (Å²) in [5, 5.41) is 1.02. The van der Waals surface area contributed by atoms with Crippen LogP contribution >= 0.6 is 11.3 Å². The average molecular weight is 419 g/mol. The van der Waals surface area contributed by atoms with Gasteiger partial charge in [0.05, 0.1) is 16.3 Å². The predicted octanol–water partition coefficient (Wildman–Crippen LogP) is 5.50. The van der Waals surface area contributed by atoms with Gasteiger partial charge in [-0.3, -0.25) is 9.59 Å². The van der Waals surface area contributed by atoms with E-state index in [-0.39, 0.29) is 30.6 Å². The summed E-state index contributed by atoms with van der Waals surface area (Å²) in [6.07, 6.45) is 7.11. The molecule has 1 fully saturated rings. The Labute approximate surface area is 180 Å². The molecule has 30 heavy (non-hydrogen) atoms. The van der Waals surface area contributed by atoms with Crippen molar-refractivity contribution in [2.24, 2.45) is 0 Å². The molecule has 1 aliphatic heterocycles. The predicted molar refractivity (Wildman–Crippen MR) is 120 cm³/mol. The van der Waals surface area contributed by atoms with E-state index >= 15 is 0 Å². The van der Waals surface area contributed by atoms with E-state index in [1.165, 1.54) is 24.0 Å². The number of hydrogen-bond acceptors (Lipinski definition) is 4. The van der Waals surface area contributed by atoms with E-state index in [0.29, 0.717) is 0 Å². The first-order chi connectivity index (χ1) is 14.7. The number of nitrogens with zero attached hydrogens (tertiary/aromatic N) is 2. The summed E-state index contributed by atoms with van der Waals surface area (Å²) >= 11 is 1.68. The van der Waals surface area contributed by atoms with Gasteiger partial charge in [0.25, 0.3) is 0 Å². The normalized spacial score (nSPS) is 18.5. The molecule has 1 aliphatic carbocycles. The van der Waals surface area contributed by atoms with E-state index in [0.717, 1.165) is 53.0 Å². The van der Waals surface area contributed by atoms with Gasteiger partial charge in [0.1, 0.15) is 5.01 Å². The Kier molecular flexibility index (Phi) is 5.38. The van der Waals surface area contributed by atoms with Gasteiger partial charge < -0.3 is 4.90 Å². The molecule has 1 amide bonds. The first-order valence-electron chi connectivity index (χ1n) is 11.0. The minimum Gasteiger partial charge on any atom is -0.333 e. The number of carbonyl (C=O) groups is 2. The molecular formula is C25H26N2O2S. The third-order valence-corrected chi connectivity index (χ3v) is 7.54. The second kappa shape index (κ2) is 8.31. The highest BCUT2D eigenvalue weighted by Gasteiger charge is 2.32. The second-order valence-electron chi connectivity index (χ2n) is 8.38. The third kappa shape index (κ3) is 3.79. The Morgan fingerprint density at radius 2 is 1.83 bits per heavy atom. The molecule has 2 aromatic carbocycles. The summed E-state index contributed by atoms with van der Waals surface area (Å²) in [6.45, 7) is 0.756. The number of fused-ring (bicyclic) bond motifs is 2. The number of amides is 1. The van der Waals surface area contributed by atoms with Crippen LogP contribution in [0.15, 0.2) is 42.5 Å². The molecule has 0 N–H and O–H groups in total. The Hall–Kier alpha value is -2.53. The van der Waals surface area contributed by atoms with Crippen molar-refractivity contribution in [3.05, 3.63) is 64.2 Å². The van der Waals surface area contributed by atoms with E-state index in [1.807, 2.05) is 29.2 Å². The number of Topliss-reactive ketones (excluding diaryl/α,β-unsaturated/α-hetero) is 1. The molecule has 0 bridgehead atoms. The van der Waals surface area contributed by atoms with Crippen molar-refractivity contribution in [1.29, 1.82) is 0 Å². The van der Waals surface area contributed by atoms with Crippen LogP contribution in [0.2, 0.25) is 0 Å². The van der Waals surface area contributed by atoms with E-state index in [9.17, 15) is 9.59 Å². The highest BCUT2D eigenvalue weighted by atomic mass is 32.1. The van der Waals surface area contributed by atoms with Gasteiger partial charge in [-0.15, -0.1) is 11.3 Å². The molecule has 5 heteroatoms. The molecule has 2 heterocycles. The maximum atomic E-state index is 13.0. The molecule has 0 radical (unpaired) electrons. The number of rotatable bonds is 5. The standard InChI is InChI=1S/C25H26N2O2S/c28-22(19-12-11-17-6-1-2-7-18(17)16-19)13-14-24(29)27-15-5-9-21(27)25-26-20-8-3-4-10-23(20)30-25/h3-4,8,10-12,16,21H,1-2,5-7,9,13-15H2. The molecule has 0 saturated carbocycles. The highest BCUT2D eigenvalue weighted by Crippen LogP contribution is 2.37. The van der Waals surface area contributed by atoms with E-state index in [1.54, 1.807) is 11.3 Å². The molecule has 1 atom stereocenters. The van der Waals surface area contributed by atoms with Crippen LogP contribution in [0, 0.1) is 0 Å². The first-order valence-corrected chi connectivity index (χ1v) is 11.8. The number of hydrogen-bond donors (Lipinski definition) is 0. The van der Waals surface area contributed by atoms with Crippen LogP contribution in [0.3, 0.4) is 0 Å². The van der Waals surface area contributed by atoms with Crippen molar-refractivity contribution in [1.82, 2.24) is 9.88 Å². The summed E-state index contributed by atoms with van der Waals surface area (Å²) in [5.74, 6) is 0.149. The monoisotopic (exact) mass is 418 g/mol. The smallest absolute Gasteiger partial charge is 0.223 e. The maximum absolute atomic E-state index is 13.0. The molecule has 4 nitrogen and oxygen atoms in total. The Morgan fingerprint density at radius 1 is 1.00 bits per heavy atom. The van der Waals surface area contributed by atoms with Crippen molar-refractivity contribution < 1.29 is 9.59 Å². The number of aryl methyl sites for hydroxylation is 2. The zero-order chi connectivity index (χ0) is 20.5. The fourth-order valence-corrected chi connectivity index (χ4v) is 5.89. The number of ketones is 1. The number of para-hydroxylation sites is 1. The van der Waals surface area contributed by atoms with Gasteiger partial charge in [-0.2, -0.15) is 0 Å². The van der Waals surface area contributed by atoms with Gasteiger partial charge >= 0.3 is 0 Å². The summed E-state index contributed by atoms with van der Waals surface area (Å²) in [7, 11) is 0. The van der Waals surface area contributed by atoms with Crippen molar-refractivity contribution in [2.45, 2.75) is 57.4 Å². The molecule has 1 saturated heterocycles. The number of likely N-dealkylation sites (tertiary alicyclic amines) is 1. The lowest BCUT2D eigenvalue weighted by Crippen LogP contribution is -2.30. The van der Waals surface area contributed by atoms with Crippen LogP contribution in [0.4, 0.5) is 0 Å². The Balaban J connectivity index is 1.25. The average Bonchev–Trinajstić information content (AvgIpc) is 3.43. The van der Waals surface area contributed by atoms with Crippen LogP contribution in [0.25, 0.3) is 10.2 Å². The van der Waals surface area contributed by atoms with E-state index < -0.39 is 0 Å². The number of aromatic nitrogens is 1. The van der Waals surface area contributed by atoms with Crippen molar-refractivity contribution >= 4 is 33.2 Å². The molecule has 2 aliphatic rings. The highest BCUT2D eigenvalue weighted by molar-refractivity contribution is 7.18. The molecule has 1 aromatic heterocycles. The van der Waals surface area contributed by atoms with Gasteiger partial charge in [0.15, 0.2) is 5.78 Å². The van der Waals surface area contributed by atoms with Gasteiger partial charge in [0.2, 0.25) is 5.91 Å². The topological polar surface area (TPSA) is 50.3 Å². The van der Waals surface area contributed by atoms with Crippen molar-refractivity contribution in [2.75, 3.05) is 6.54 Å². The summed E-state index contributed by atoms with van der Waals surface area (Å²) in [4.78, 5) is 32.4. The van der Waals surface area contributed by atoms with Gasteiger partial charge in [0, 0.05) is 24.9 Å². The Bertz CT molecular complexity index is 1070. The minimum atomic E-state index is 0.0498. The van der Waals surface area contributed by atoms with Crippen LogP contribution < -0.4 is 0 Å². The maximum Gasteiger partial charge on any atom is 0.223 e. The van der Waals surface area contributed by atoms with Crippen molar-refractivity contribution in [3.63, 3.8) is 0 Å². The van der Waals surface area contributed by atoms with Crippen LogP contribution in [0.1, 0.15) is 71.1 Å². The molecule has 154 valence electrons. The molecule has 0 spiro atoms. The van der Waals surface area contributed by atoms with Gasteiger partial charge in [-0.25, -0.2) is 4.98 Å². The lowest BCUT2D eigenvalue weighted by Gasteiger charge is -2.23. The SMILES string of the molecule is O=C(CCC(=O)N1CCCC1c1nc2ccccc2s1)c1ccc2c(c1)CCCC2. The lowest BCUT2D eigenvalue weighted by molar-refractivity contribution is -0.132. The number of carbonyl (C=O) groups excluding carboxylic acids is 2. The van der Waals surface area contributed by atoms with Crippen LogP contribution in [-0.2, 0) is 17.6 Å². The number of thiazole rings is 1. The molecule has 3 aromatic rings. The van der Waals surface area contributed by atoms with Crippen LogP contribution in [-0.4, -0.2) is 28.1 Å². The molecular weight excluding hydrogens is 392 g/mol. The summed E-state index contributed by atoms with van der Waals surface area (Å²) in [6, 6.07) is 14.3. The second-order valence-corrected chi connectivity index (χ2v) is 9.44. The largest absolute Gasteiger partial charge is 0.333 e. The Morgan fingerprint density at radius 3 is 2.70 bits per heavy atom. The first kappa shape index (κ1) is 19.4. The van der Waals surface area contributed by atoms with Crippen LogP contribution in [0.5, 0.6) is 0 Å². The quantitative estimate of drug-likeness (QED) is 0.514. The third-order valence-electron chi connectivity index (χ3n) is 6.41. The van der Waals surface area contributed by atoms with Gasteiger partial charge in [-0.05, 0) is 67.9 Å². The van der Waals surface area contributed by atoms with E-state index in [4.69, 9.17) is 4.98 Å². The minimum absolute atomic E-state index is 0.0498. The summed E-state index contributed by atoms with van der Waals surface area (Å²) in [5.41, 5.74) is 4.45.